The number of rotatable bonds is 7. The molecule has 0 amide bonds. The van der Waals surface area contributed by atoms with Crippen molar-refractivity contribution in [2.24, 2.45) is 0 Å². The molecule has 0 bridgehead atoms. The molecule has 1 heterocycles. The Hall–Kier alpha value is -3.15. The fourth-order valence-corrected chi connectivity index (χ4v) is 2.98. The summed E-state index contributed by atoms with van der Waals surface area (Å²) >= 11 is 0. The Bertz CT molecular complexity index is 792. The van der Waals surface area contributed by atoms with Crippen LogP contribution in [0.4, 0.5) is 4.39 Å². The fourth-order valence-electron chi connectivity index (χ4n) is 2.98. The maximum atomic E-state index is 14.6. The highest BCUT2D eigenvalue weighted by Gasteiger charge is 2.39. The Morgan fingerprint density at radius 3 is 1.96 bits per heavy atom. The number of carbonyl (C=O) groups is 2. The molecular weight excluding hydrogens is 349 g/mol. The van der Waals surface area contributed by atoms with E-state index < -0.39 is 23.7 Å². The first kappa shape index (κ1) is 20.2. The smallest absolute Gasteiger partial charge is 0.337 e. The third kappa shape index (κ3) is 4.34. The maximum absolute atomic E-state index is 14.6. The average Bonchev–Trinajstić information content (AvgIpc) is 2.64. The summed E-state index contributed by atoms with van der Waals surface area (Å²) in [5.74, 6) is -2.81. The number of halogens is 1. The molecule has 27 heavy (non-hydrogen) atoms. The quantitative estimate of drug-likeness (QED) is 0.587. The lowest BCUT2D eigenvalue weighted by molar-refractivity contribution is -0.138. The van der Waals surface area contributed by atoms with Crippen molar-refractivity contribution in [3.8, 4) is 0 Å². The number of nitrogens with one attached hydrogen (secondary N) is 1. The number of benzene rings is 1. The molecule has 0 unspecified atom stereocenters. The van der Waals surface area contributed by atoms with Crippen LogP contribution in [0.3, 0.4) is 0 Å². The summed E-state index contributed by atoms with van der Waals surface area (Å²) in [6, 6.07) is 6.00. The molecule has 0 aromatic heterocycles. The van der Waals surface area contributed by atoms with E-state index in [0.717, 1.165) is 0 Å². The van der Waals surface area contributed by atoms with Crippen LogP contribution in [0.1, 0.15) is 25.3 Å². The van der Waals surface area contributed by atoms with Crippen molar-refractivity contribution in [2.75, 3.05) is 13.2 Å². The topological polar surface area (TPSA) is 64.6 Å². The van der Waals surface area contributed by atoms with E-state index in [-0.39, 0.29) is 29.9 Å². The molecule has 0 saturated carbocycles. The van der Waals surface area contributed by atoms with Crippen LogP contribution < -0.4 is 5.32 Å². The van der Waals surface area contributed by atoms with Gasteiger partial charge in [0.2, 0.25) is 0 Å². The number of hydrogen-bond donors (Lipinski definition) is 1. The molecule has 0 atom stereocenters. The zero-order valence-electron chi connectivity index (χ0n) is 15.4. The predicted octanol–water partition coefficient (Wildman–Crippen LogP) is 3.52. The van der Waals surface area contributed by atoms with Gasteiger partial charge in [-0.15, -0.1) is 0 Å². The van der Waals surface area contributed by atoms with Crippen LogP contribution in [0.25, 0.3) is 0 Å². The molecule has 2 rings (SSSR count). The van der Waals surface area contributed by atoms with Crippen LogP contribution in [-0.2, 0) is 19.1 Å². The highest BCUT2D eigenvalue weighted by Crippen LogP contribution is 2.40. The van der Waals surface area contributed by atoms with Gasteiger partial charge in [0.15, 0.2) is 0 Å². The molecule has 0 spiro atoms. The first-order valence-electron chi connectivity index (χ1n) is 8.41. The van der Waals surface area contributed by atoms with Gasteiger partial charge in [-0.05, 0) is 19.9 Å². The number of allylic oxidation sites excluding steroid dienone is 2. The summed E-state index contributed by atoms with van der Waals surface area (Å²) < 4.78 is 24.9. The SMILES string of the molecule is C=CCOC(=O)C1=C(C)NC(C)=C(C(=O)OCC=C)C1c1ccccc1F. The van der Waals surface area contributed by atoms with Gasteiger partial charge in [0.1, 0.15) is 19.0 Å². The molecule has 0 aliphatic carbocycles. The Morgan fingerprint density at radius 1 is 1.04 bits per heavy atom. The van der Waals surface area contributed by atoms with E-state index >= 15 is 0 Å². The maximum Gasteiger partial charge on any atom is 0.337 e. The van der Waals surface area contributed by atoms with E-state index in [9.17, 15) is 14.0 Å². The molecule has 0 radical (unpaired) electrons. The lowest BCUT2D eigenvalue weighted by Gasteiger charge is -2.30. The molecule has 0 saturated heterocycles. The molecule has 1 aliphatic heterocycles. The van der Waals surface area contributed by atoms with E-state index in [0.29, 0.717) is 11.4 Å². The van der Waals surface area contributed by atoms with E-state index in [1.165, 1.54) is 24.3 Å². The van der Waals surface area contributed by atoms with Crippen molar-refractivity contribution in [3.63, 3.8) is 0 Å². The van der Waals surface area contributed by atoms with Gasteiger partial charge in [-0.2, -0.15) is 0 Å². The highest BCUT2D eigenvalue weighted by molar-refractivity contribution is 6.00. The third-order valence-corrected chi connectivity index (χ3v) is 4.08. The van der Waals surface area contributed by atoms with Gasteiger partial charge in [0, 0.05) is 17.0 Å². The Kier molecular flexibility index (Phi) is 6.71. The molecule has 1 aliphatic rings. The second-order valence-electron chi connectivity index (χ2n) is 5.93. The lowest BCUT2D eigenvalue weighted by Crippen LogP contribution is -2.33. The second-order valence-corrected chi connectivity index (χ2v) is 5.93. The average molecular weight is 371 g/mol. The summed E-state index contributed by atoms with van der Waals surface area (Å²) in [7, 11) is 0. The van der Waals surface area contributed by atoms with Gasteiger partial charge in [-0.25, -0.2) is 14.0 Å². The predicted molar refractivity (Wildman–Crippen MR) is 100.0 cm³/mol. The van der Waals surface area contributed by atoms with Gasteiger partial charge in [0.05, 0.1) is 17.1 Å². The third-order valence-electron chi connectivity index (χ3n) is 4.08. The molecule has 1 N–H and O–H groups in total. The molecule has 0 fully saturated rings. The largest absolute Gasteiger partial charge is 0.458 e. The molecule has 6 heteroatoms. The minimum Gasteiger partial charge on any atom is -0.458 e. The van der Waals surface area contributed by atoms with E-state index in [4.69, 9.17) is 9.47 Å². The molecule has 1 aromatic carbocycles. The van der Waals surface area contributed by atoms with Crippen molar-refractivity contribution >= 4 is 11.9 Å². The van der Waals surface area contributed by atoms with Crippen LogP contribution in [0.15, 0.2) is 72.1 Å². The number of ether oxygens (including phenoxy) is 2. The van der Waals surface area contributed by atoms with Crippen LogP contribution in [0.5, 0.6) is 0 Å². The van der Waals surface area contributed by atoms with Crippen LogP contribution in [0.2, 0.25) is 0 Å². The molecule has 1 aromatic rings. The monoisotopic (exact) mass is 371 g/mol. The van der Waals surface area contributed by atoms with E-state index in [1.54, 1.807) is 26.0 Å². The van der Waals surface area contributed by atoms with Crippen molar-refractivity contribution in [2.45, 2.75) is 19.8 Å². The normalized spacial score (nSPS) is 14.5. The van der Waals surface area contributed by atoms with Gasteiger partial charge < -0.3 is 14.8 Å². The van der Waals surface area contributed by atoms with Crippen LogP contribution in [-0.4, -0.2) is 25.2 Å². The molecular formula is C21H22FNO4. The number of dihydropyridines is 1. The number of hydrogen-bond acceptors (Lipinski definition) is 5. The number of esters is 2. The van der Waals surface area contributed by atoms with E-state index in [2.05, 4.69) is 18.5 Å². The van der Waals surface area contributed by atoms with Crippen LogP contribution >= 0.6 is 0 Å². The zero-order valence-corrected chi connectivity index (χ0v) is 15.4. The Balaban J connectivity index is 2.61. The summed E-state index contributed by atoms with van der Waals surface area (Å²) in [5.41, 5.74) is 1.45. The van der Waals surface area contributed by atoms with Crippen LogP contribution in [0, 0.1) is 5.82 Å². The summed E-state index contributed by atoms with van der Waals surface area (Å²) in [4.78, 5) is 25.3. The zero-order chi connectivity index (χ0) is 20.0. The van der Waals surface area contributed by atoms with E-state index in [1.807, 2.05) is 0 Å². The number of carbonyl (C=O) groups excluding carboxylic acids is 2. The standard InChI is InChI=1S/C21H22FNO4/c1-5-11-26-20(24)17-13(3)23-14(4)18(21(25)27-12-6-2)19(17)15-9-7-8-10-16(15)22/h5-10,19,23H,1-2,11-12H2,3-4H3. The summed E-state index contributed by atoms with van der Waals surface area (Å²) in [5, 5.41) is 3.00. The minimum absolute atomic E-state index is 0.00144. The molecule has 5 nitrogen and oxygen atoms in total. The lowest BCUT2D eigenvalue weighted by atomic mass is 9.80. The minimum atomic E-state index is -0.956. The summed E-state index contributed by atoms with van der Waals surface area (Å²) in [6.07, 6.45) is 2.87. The Morgan fingerprint density at radius 2 is 1.52 bits per heavy atom. The van der Waals surface area contributed by atoms with Gasteiger partial charge in [0.25, 0.3) is 0 Å². The van der Waals surface area contributed by atoms with Crippen molar-refractivity contribution in [1.82, 2.24) is 5.32 Å². The van der Waals surface area contributed by atoms with Crippen molar-refractivity contribution in [3.05, 3.63) is 83.5 Å². The fraction of sp³-hybridized carbons (Fsp3) is 0.238. The second kappa shape index (κ2) is 8.98. The first-order valence-corrected chi connectivity index (χ1v) is 8.41. The van der Waals surface area contributed by atoms with Gasteiger partial charge in [-0.3, -0.25) is 0 Å². The van der Waals surface area contributed by atoms with Crippen molar-refractivity contribution < 1.29 is 23.5 Å². The first-order chi connectivity index (χ1) is 12.9. The molecule has 142 valence electrons. The summed E-state index contributed by atoms with van der Waals surface area (Å²) in [6.45, 7) is 10.4. The van der Waals surface area contributed by atoms with Gasteiger partial charge >= 0.3 is 11.9 Å². The van der Waals surface area contributed by atoms with Gasteiger partial charge in [-0.1, -0.05) is 43.5 Å². The Labute approximate surface area is 157 Å². The highest BCUT2D eigenvalue weighted by atomic mass is 19.1. The van der Waals surface area contributed by atoms with Crippen molar-refractivity contribution in [1.29, 1.82) is 0 Å².